The molecule has 1 aromatic carbocycles. The van der Waals surface area contributed by atoms with E-state index in [1.807, 2.05) is 29.0 Å². The number of likely N-dealkylation sites (tertiary alicyclic amines) is 1. The third-order valence-corrected chi connectivity index (χ3v) is 8.39. The Morgan fingerprint density at radius 2 is 1.95 bits per heavy atom. The van der Waals surface area contributed by atoms with E-state index < -0.39 is 12.6 Å². The van der Waals surface area contributed by atoms with Crippen molar-refractivity contribution >= 4 is 44.5 Å². The highest BCUT2D eigenvalue weighted by Gasteiger charge is 2.29. The Kier molecular flexibility index (Phi) is 6.93. The van der Waals surface area contributed by atoms with Gasteiger partial charge in [0, 0.05) is 53.8 Å². The van der Waals surface area contributed by atoms with Crippen LogP contribution in [0.1, 0.15) is 29.0 Å². The largest absolute Gasteiger partial charge is 0.508 e. The topological polar surface area (TPSA) is 102 Å². The molecule has 2 aliphatic heterocycles. The molecule has 2 N–H and O–H groups in total. The first-order valence-electron chi connectivity index (χ1n) is 13.0. The van der Waals surface area contributed by atoms with Crippen LogP contribution < -0.4 is 5.32 Å². The number of allylic oxidation sites excluding steroid dienone is 1. The maximum Gasteiger partial charge on any atom is 0.393 e. The van der Waals surface area contributed by atoms with Gasteiger partial charge in [0.25, 0.3) is 0 Å². The zero-order chi connectivity index (χ0) is 27.9. The van der Waals surface area contributed by atoms with Gasteiger partial charge in [-0.1, -0.05) is 6.08 Å². The third-order valence-electron chi connectivity index (χ3n) is 7.35. The number of piperidine rings is 1. The van der Waals surface area contributed by atoms with Gasteiger partial charge in [-0.3, -0.25) is 9.89 Å². The standard InChI is InChI=1S/C28H26F3N7OS/c29-28(30,31)11-22-9-23-26(34-16-35-27(23)40-22)36-20-2-5-37(6-3-20)15-19-7-18-8-21(12-32)38(24(18)10-25(19)39)14-17-1-4-33-13-17/h1,7-10,13,16,20,39H,2-6,11,14-15H2,(H,34,35,36). The minimum Gasteiger partial charge on any atom is -0.508 e. The van der Waals surface area contributed by atoms with Crippen LogP contribution in [-0.2, 0) is 19.5 Å². The summed E-state index contributed by atoms with van der Waals surface area (Å²) in [5, 5.41) is 25.5. The number of anilines is 1. The molecule has 5 heterocycles. The summed E-state index contributed by atoms with van der Waals surface area (Å²) in [7, 11) is 0. The zero-order valence-electron chi connectivity index (χ0n) is 21.4. The molecule has 12 heteroatoms. The van der Waals surface area contributed by atoms with Gasteiger partial charge in [0.15, 0.2) is 0 Å². The lowest BCUT2D eigenvalue weighted by Crippen LogP contribution is -2.38. The van der Waals surface area contributed by atoms with E-state index in [1.54, 1.807) is 6.07 Å². The monoisotopic (exact) mass is 565 g/mol. The Hall–Kier alpha value is -3.95. The van der Waals surface area contributed by atoms with Gasteiger partial charge in [0.1, 0.15) is 34.5 Å². The molecule has 0 bridgehead atoms. The van der Waals surface area contributed by atoms with Crippen LogP contribution in [0.15, 0.2) is 47.2 Å². The van der Waals surface area contributed by atoms with Crippen LogP contribution in [0, 0.1) is 11.3 Å². The molecule has 3 aromatic heterocycles. The lowest BCUT2D eigenvalue weighted by molar-refractivity contribution is -0.126. The number of aromatic nitrogens is 3. The molecule has 1 saturated heterocycles. The number of aliphatic imine (C=N–C) groups is 1. The fraction of sp³-hybridized carbons (Fsp3) is 0.357. The molecule has 2 aliphatic rings. The molecule has 40 heavy (non-hydrogen) atoms. The fourth-order valence-electron chi connectivity index (χ4n) is 5.39. The van der Waals surface area contributed by atoms with E-state index in [2.05, 4.69) is 31.2 Å². The number of fused-ring (bicyclic) bond motifs is 2. The second-order valence-electron chi connectivity index (χ2n) is 10.2. The van der Waals surface area contributed by atoms with Gasteiger partial charge in [-0.25, -0.2) is 9.97 Å². The minimum atomic E-state index is -4.27. The highest BCUT2D eigenvalue weighted by molar-refractivity contribution is 7.18. The van der Waals surface area contributed by atoms with Gasteiger partial charge >= 0.3 is 6.18 Å². The van der Waals surface area contributed by atoms with Crippen molar-refractivity contribution < 1.29 is 18.3 Å². The zero-order valence-corrected chi connectivity index (χ0v) is 22.3. The Morgan fingerprint density at radius 3 is 2.67 bits per heavy atom. The summed E-state index contributed by atoms with van der Waals surface area (Å²) in [6.45, 7) is 3.32. The van der Waals surface area contributed by atoms with Crippen molar-refractivity contribution in [3.8, 4) is 11.8 Å². The number of phenolic OH excluding ortho intramolecular Hbond substituents is 1. The quantitative estimate of drug-likeness (QED) is 0.311. The van der Waals surface area contributed by atoms with E-state index in [1.165, 1.54) is 12.4 Å². The molecule has 0 spiro atoms. The summed E-state index contributed by atoms with van der Waals surface area (Å²) in [6.07, 6.45) is 1.63. The molecule has 206 valence electrons. The van der Waals surface area contributed by atoms with Crippen LogP contribution in [0.5, 0.6) is 5.75 Å². The normalized spacial score (nSPS) is 16.6. The lowest BCUT2D eigenvalue weighted by atomic mass is 10.0. The van der Waals surface area contributed by atoms with Gasteiger partial charge < -0.3 is 15.0 Å². The number of aromatic hydroxyl groups is 1. The van der Waals surface area contributed by atoms with Crippen molar-refractivity contribution in [2.45, 2.75) is 44.6 Å². The van der Waals surface area contributed by atoms with Crippen LogP contribution in [0.25, 0.3) is 21.1 Å². The maximum absolute atomic E-state index is 12.9. The number of phenols is 1. The van der Waals surface area contributed by atoms with Crippen molar-refractivity contribution in [2.75, 3.05) is 25.0 Å². The van der Waals surface area contributed by atoms with Gasteiger partial charge in [0.05, 0.1) is 30.4 Å². The first-order valence-corrected chi connectivity index (χ1v) is 13.8. The Morgan fingerprint density at radius 1 is 1.12 bits per heavy atom. The Balaban J connectivity index is 1.12. The molecular formula is C28H26F3N7OS. The average molecular weight is 566 g/mol. The van der Waals surface area contributed by atoms with Crippen molar-refractivity contribution in [3.05, 3.63) is 58.4 Å². The number of nitriles is 1. The van der Waals surface area contributed by atoms with Crippen LogP contribution in [0.4, 0.5) is 19.0 Å². The third kappa shape index (κ3) is 5.52. The predicted octanol–water partition coefficient (Wildman–Crippen LogP) is 5.42. The van der Waals surface area contributed by atoms with Gasteiger partial charge in [-0.2, -0.15) is 18.4 Å². The fourth-order valence-corrected chi connectivity index (χ4v) is 6.42. The van der Waals surface area contributed by atoms with E-state index >= 15 is 0 Å². The maximum atomic E-state index is 12.9. The van der Waals surface area contributed by atoms with E-state index in [-0.39, 0.29) is 16.7 Å². The molecule has 0 unspecified atom stereocenters. The van der Waals surface area contributed by atoms with Gasteiger partial charge in [-0.05, 0) is 36.6 Å². The number of hydrogen-bond acceptors (Lipinski definition) is 8. The SMILES string of the molecule is N#Cc1cc2cc(CN3CCC(Nc4ncnc5sc(CC(F)(F)F)cc45)CC3)c(O)cc2n1CC1=CCN=C1. The number of benzene rings is 1. The molecule has 0 amide bonds. The van der Waals surface area contributed by atoms with Crippen LogP contribution in [0.2, 0.25) is 0 Å². The summed E-state index contributed by atoms with van der Waals surface area (Å²) < 4.78 is 40.5. The molecule has 4 aromatic rings. The smallest absolute Gasteiger partial charge is 0.393 e. The number of thiophene rings is 1. The summed E-state index contributed by atoms with van der Waals surface area (Å²) in [6, 6.07) is 9.46. The minimum absolute atomic E-state index is 0.122. The van der Waals surface area contributed by atoms with E-state index in [0.29, 0.717) is 41.4 Å². The Labute approximate surface area is 232 Å². The average Bonchev–Trinajstić information content (AvgIpc) is 3.64. The molecule has 0 saturated carbocycles. The number of nitrogens with zero attached hydrogens (tertiary/aromatic N) is 6. The second kappa shape index (κ2) is 10.6. The molecule has 1 fully saturated rings. The van der Waals surface area contributed by atoms with E-state index in [0.717, 1.165) is 59.3 Å². The molecular weight excluding hydrogens is 539 g/mol. The Bertz CT molecular complexity index is 1670. The molecule has 0 radical (unpaired) electrons. The van der Waals surface area contributed by atoms with Crippen molar-refractivity contribution in [2.24, 2.45) is 4.99 Å². The molecule has 0 atom stereocenters. The summed E-state index contributed by atoms with van der Waals surface area (Å²) >= 11 is 1.04. The molecule has 0 aliphatic carbocycles. The number of alkyl halides is 3. The number of hydrogen-bond donors (Lipinski definition) is 2. The van der Waals surface area contributed by atoms with Crippen LogP contribution >= 0.6 is 11.3 Å². The van der Waals surface area contributed by atoms with Crippen molar-refractivity contribution in [1.29, 1.82) is 5.26 Å². The van der Waals surface area contributed by atoms with Crippen molar-refractivity contribution in [1.82, 2.24) is 19.4 Å². The van der Waals surface area contributed by atoms with Crippen LogP contribution in [0.3, 0.4) is 0 Å². The predicted molar refractivity (Wildman–Crippen MR) is 149 cm³/mol. The summed E-state index contributed by atoms with van der Waals surface area (Å²) in [4.78, 5) is 15.7. The highest BCUT2D eigenvalue weighted by Crippen LogP contribution is 2.34. The first-order chi connectivity index (χ1) is 19.3. The summed E-state index contributed by atoms with van der Waals surface area (Å²) in [5.74, 6) is 0.759. The van der Waals surface area contributed by atoms with Gasteiger partial charge in [-0.15, -0.1) is 11.3 Å². The van der Waals surface area contributed by atoms with Gasteiger partial charge in [0.2, 0.25) is 0 Å². The summed E-state index contributed by atoms with van der Waals surface area (Å²) in [5.41, 5.74) is 3.19. The van der Waals surface area contributed by atoms with Crippen molar-refractivity contribution in [3.63, 3.8) is 0 Å². The molecule has 6 rings (SSSR count). The first kappa shape index (κ1) is 26.3. The second-order valence-corrected chi connectivity index (χ2v) is 11.3. The number of nitrogens with one attached hydrogen (secondary N) is 1. The number of halogens is 3. The van der Waals surface area contributed by atoms with E-state index in [9.17, 15) is 23.5 Å². The molecule has 8 nitrogen and oxygen atoms in total. The van der Waals surface area contributed by atoms with Crippen LogP contribution in [-0.4, -0.2) is 62.6 Å². The lowest BCUT2D eigenvalue weighted by Gasteiger charge is -2.32. The number of rotatable bonds is 7. The highest BCUT2D eigenvalue weighted by atomic mass is 32.1. The van der Waals surface area contributed by atoms with E-state index in [4.69, 9.17) is 0 Å².